The Kier molecular flexibility index (Phi) is 2.91. The van der Waals surface area contributed by atoms with Crippen LogP contribution in [0.4, 0.5) is 0 Å². The van der Waals surface area contributed by atoms with E-state index < -0.39 is 12.0 Å². The fourth-order valence-electron chi connectivity index (χ4n) is 0.836. The molecule has 1 aromatic heterocycles. The van der Waals surface area contributed by atoms with Crippen molar-refractivity contribution in [1.29, 1.82) is 0 Å². The van der Waals surface area contributed by atoms with Gasteiger partial charge in [0, 0.05) is 6.42 Å². The second kappa shape index (κ2) is 3.94. The Morgan fingerprint density at radius 1 is 1.77 bits per heavy atom. The number of carbonyl (C=O) groups excluding carboxylic acids is 1. The summed E-state index contributed by atoms with van der Waals surface area (Å²) >= 11 is 0. The quantitative estimate of drug-likeness (QED) is 0.561. The summed E-state index contributed by atoms with van der Waals surface area (Å²) in [6.07, 6.45) is 0.237. The van der Waals surface area contributed by atoms with Crippen molar-refractivity contribution in [2.45, 2.75) is 12.5 Å². The summed E-state index contributed by atoms with van der Waals surface area (Å²) in [6, 6.07) is -0.728. The van der Waals surface area contributed by atoms with Gasteiger partial charge >= 0.3 is 5.97 Å². The lowest BCUT2D eigenvalue weighted by Gasteiger charge is -2.04. The van der Waals surface area contributed by atoms with Crippen LogP contribution < -0.4 is 5.73 Å². The molecule has 0 spiro atoms. The monoisotopic (exact) mass is 185 g/mol. The third-order valence-electron chi connectivity index (χ3n) is 1.46. The van der Waals surface area contributed by atoms with Crippen LogP contribution in [0.1, 0.15) is 5.82 Å². The van der Waals surface area contributed by atoms with Crippen molar-refractivity contribution in [3.05, 3.63) is 5.82 Å². The van der Waals surface area contributed by atoms with E-state index in [2.05, 4.69) is 20.1 Å². The predicted molar refractivity (Wildman–Crippen MR) is 42.5 cm³/mol. The number of rotatable bonds is 3. The van der Waals surface area contributed by atoms with Crippen molar-refractivity contribution in [2.75, 3.05) is 7.11 Å². The number of ether oxygens (including phenoxy) is 1. The molecular weight excluding hydrogens is 174 g/mol. The number of aryl methyl sites for hydroxylation is 1. The Morgan fingerprint density at radius 2 is 2.46 bits per heavy atom. The molecule has 0 saturated carbocycles. The van der Waals surface area contributed by atoms with Gasteiger partial charge in [-0.15, -0.1) is 10.2 Å². The first-order valence-electron chi connectivity index (χ1n) is 3.69. The highest BCUT2D eigenvalue weighted by Gasteiger charge is 2.16. The molecule has 0 aromatic carbocycles. The average Bonchev–Trinajstić information content (AvgIpc) is 2.49. The second-order valence-corrected chi connectivity index (χ2v) is 2.53. The van der Waals surface area contributed by atoms with Gasteiger partial charge in [0.05, 0.1) is 14.2 Å². The molecule has 0 aliphatic rings. The molecule has 2 N–H and O–H groups in total. The number of aromatic nitrogens is 4. The lowest BCUT2D eigenvalue weighted by Crippen LogP contribution is -2.34. The molecule has 0 fully saturated rings. The zero-order valence-electron chi connectivity index (χ0n) is 7.47. The number of methoxy groups -OCH3 is 1. The highest BCUT2D eigenvalue weighted by molar-refractivity contribution is 5.75. The van der Waals surface area contributed by atoms with Gasteiger partial charge in [-0.05, 0) is 5.21 Å². The Bertz CT molecular complexity index is 297. The van der Waals surface area contributed by atoms with Crippen LogP contribution in [-0.4, -0.2) is 39.3 Å². The van der Waals surface area contributed by atoms with Crippen LogP contribution in [0.25, 0.3) is 0 Å². The highest BCUT2D eigenvalue weighted by atomic mass is 16.5. The van der Waals surface area contributed by atoms with E-state index in [0.717, 1.165) is 0 Å². The Labute approximate surface area is 74.9 Å². The van der Waals surface area contributed by atoms with Crippen molar-refractivity contribution in [2.24, 2.45) is 12.8 Å². The molecule has 0 radical (unpaired) electrons. The van der Waals surface area contributed by atoms with Crippen LogP contribution in [0.5, 0.6) is 0 Å². The molecule has 1 rings (SSSR count). The summed E-state index contributed by atoms with van der Waals surface area (Å²) in [5.74, 6) is -0.0483. The fourth-order valence-corrected chi connectivity index (χ4v) is 0.836. The average molecular weight is 185 g/mol. The molecule has 0 saturated heterocycles. The molecule has 13 heavy (non-hydrogen) atoms. The zero-order valence-corrected chi connectivity index (χ0v) is 7.47. The summed E-state index contributed by atoms with van der Waals surface area (Å²) in [5, 5.41) is 11.2. The number of tetrazole rings is 1. The van der Waals surface area contributed by atoms with Gasteiger partial charge in [0.2, 0.25) is 0 Å². The maximum Gasteiger partial charge on any atom is 0.323 e. The number of nitrogens with two attached hydrogens (primary N) is 1. The standard InChI is InChI=1S/C6H11N5O2/c1-11-9-5(8-10-11)3-4(7)6(12)13-2/h4H,3,7H2,1-2H3. The van der Waals surface area contributed by atoms with Gasteiger partial charge in [-0.1, -0.05) is 0 Å². The first-order chi connectivity index (χ1) is 6.13. The zero-order chi connectivity index (χ0) is 9.84. The van der Waals surface area contributed by atoms with Gasteiger partial charge in [0.15, 0.2) is 5.82 Å². The smallest absolute Gasteiger partial charge is 0.323 e. The van der Waals surface area contributed by atoms with Crippen molar-refractivity contribution < 1.29 is 9.53 Å². The van der Waals surface area contributed by atoms with Crippen LogP contribution in [0.15, 0.2) is 0 Å². The van der Waals surface area contributed by atoms with E-state index in [1.807, 2.05) is 0 Å². The molecule has 72 valence electrons. The van der Waals surface area contributed by atoms with E-state index in [1.54, 1.807) is 7.05 Å². The van der Waals surface area contributed by atoms with Crippen LogP contribution in [0.2, 0.25) is 0 Å². The Balaban J connectivity index is 2.54. The molecule has 0 aliphatic heterocycles. The minimum Gasteiger partial charge on any atom is -0.468 e. The third kappa shape index (κ3) is 2.48. The minimum atomic E-state index is -0.728. The summed E-state index contributed by atoms with van der Waals surface area (Å²) in [7, 11) is 2.92. The number of carbonyl (C=O) groups is 1. The van der Waals surface area contributed by atoms with E-state index in [-0.39, 0.29) is 6.42 Å². The lowest BCUT2D eigenvalue weighted by molar-refractivity contribution is -0.142. The van der Waals surface area contributed by atoms with Gasteiger partial charge in [-0.2, -0.15) is 4.80 Å². The van der Waals surface area contributed by atoms with E-state index in [1.165, 1.54) is 11.9 Å². The SMILES string of the molecule is COC(=O)C(N)Cc1nnn(C)n1. The summed E-state index contributed by atoms with van der Waals surface area (Å²) in [4.78, 5) is 12.2. The van der Waals surface area contributed by atoms with E-state index >= 15 is 0 Å². The molecule has 7 heteroatoms. The topological polar surface area (TPSA) is 95.9 Å². The molecule has 0 amide bonds. The molecule has 1 unspecified atom stereocenters. The Morgan fingerprint density at radius 3 is 2.92 bits per heavy atom. The summed E-state index contributed by atoms with van der Waals surface area (Å²) in [5.41, 5.74) is 5.48. The third-order valence-corrected chi connectivity index (χ3v) is 1.46. The normalized spacial score (nSPS) is 12.5. The van der Waals surface area contributed by atoms with Gasteiger partial charge in [-0.25, -0.2) is 0 Å². The number of hydrogen-bond donors (Lipinski definition) is 1. The van der Waals surface area contributed by atoms with E-state index in [4.69, 9.17) is 5.73 Å². The molecule has 7 nitrogen and oxygen atoms in total. The first-order valence-corrected chi connectivity index (χ1v) is 3.69. The molecular formula is C6H11N5O2. The maximum atomic E-state index is 10.9. The van der Waals surface area contributed by atoms with Crippen LogP contribution >= 0.6 is 0 Å². The molecule has 0 aliphatic carbocycles. The summed E-state index contributed by atoms with van der Waals surface area (Å²) < 4.78 is 4.44. The largest absolute Gasteiger partial charge is 0.468 e. The number of nitrogens with zero attached hydrogens (tertiary/aromatic N) is 4. The van der Waals surface area contributed by atoms with Gasteiger partial charge in [0.1, 0.15) is 6.04 Å². The molecule has 1 aromatic rings. The lowest BCUT2D eigenvalue weighted by atomic mass is 10.2. The van der Waals surface area contributed by atoms with E-state index in [0.29, 0.717) is 5.82 Å². The molecule has 0 bridgehead atoms. The first kappa shape index (κ1) is 9.59. The van der Waals surface area contributed by atoms with E-state index in [9.17, 15) is 4.79 Å². The predicted octanol–water partition coefficient (Wildman–Crippen LogP) is -1.75. The summed E-state index contributed by atoms with van der Waals surface area (Å²) in [6.45, 7) is 0. The molecule has 1 atom stereocenters. The number of hydrogen-bond acceptors (Lipinski definition) is 6. The van der Waals surface area contributed by atoms with Crippen LogP contribution in [-0.2, 0) is 23.0 Å². The van der Waals surface area contributed by atoms with Crippen molar-refractivity contribution in [3.8, 4) is 0 Å². The molecule has 1 heterocycles. The van der Waals surface area contributed by atoms with Crippen LogP contribution in [0, 0.1) is 0 Å². The van der Waals surface area contributed by atoms with Crippen LogP contribution in [0.3, 0.4) is 0 Å². The minimum absolute atomic E-state index is 0.237. The fraction of sp³-hybridized carbons (Fsp3) is 0.667. The maximum absolute atomic E-state index is 10.9. The van der Waals surface area contributed by atoms with Crippen molar-refractivity contribution in [3.63, 3.8) is 0 Å². The number of esters is 1. The van der Waals surface area contributed by atoms with Gasteiger partial charge in [0.25, 0.3) is 0 Å². The van der Waals surface area contributed by atoms with Crippen molar-refractivity contribution >= 4 is 5.97 Å². The van der Waals surface area contributed by atoms with Crippen molar-refractivity contribution in [1.82, 2.24) is 20.2 Å². The second-order valence-electron chi connectivity index (χ2n) is 2.53. The van der Waals surface area contributed by atoms with Gasteiger partial charge < -0.3 is 10.5 Å². The Hall–Kier alpha value is -1.50. The highest BCUT2D eigenvalue weighted by Crippen LogP contribution is 1.93. The van der Waals surface area contributed by atoms with Gasteiger partial charge in [-0.3, -0.25) is 4.79 Å².